The van der Waals surface area contributed by atoms with E-state index < -0.39 is 0 Å². The number of benzene rings is 1. The van der Waals surface area contributed by atoms with E-state index in [4.69, 9.17) is 0 Å². The third-order valence-electron chi connectivity index (χ3n) is 3.49. The van der Waals surface area contributed by atoms with Crippen LogP contribution in [-0.4, -0.2) is 38.2 Å². The Morgan fingerprint density at radius 3 is 2.80 bits per heavy atom. The van der Waals surface area contributed by atoms with E-state index in [1.165, 1.54) is 5.69 Å². The lowest BCUT2D eigenvalue weighted by molar-refractivity contribution is 0.648. The van der Waals surface area contributed by atoms with Crippen LogP contribution in [0.4, 0.5) is 5.69 Å². The third kappa shape index (κ3) is 4.15. The molecule has 2 rings (SSSR count). The van der Waals surface area contributed by atoms with E-state index in [-0.39, 0.29) is 0 Å². The Kier molecular flexibility index (Phi) is 5.71. The smallest absolute Gasteiger partial charge is 0.191 e. The molecule has 0 saturated carbocycles. The highest BCUT2D eigenvalue weighted by atomic mass is 15.2. The fourth-order valence-electron chi connectivity index (χ4n) is 2.49. The predicted octanol–water partition coefficient (Wildman–Crippen LogP) is 2.23. The summed E-state index contributed by atoms with van der Waals surface area (Å²) >= 11 is 0. The molecule has 0 amide bonds. The minimum Gasteiger partial charge on any atom is -0.369 e. The van der Waals surface area contributed by atoms with Crippen molar-refractivity contribution in [1.29, 1.82) is 0 Å². The van der Waals surface area contributed by atoms with Crippen molar-refractivity contribution in [2.24, 2.45) is 4.99 Å². The minimum atomic E-state index is 0.477. The molecule has 0 aliphatic carbocycles. The summed E-state index contributed by atoms with van der Waals surface area (Å²) in [7, 11) is 0. The van der Waals surface area contributed by atoms with E-state index in [1.807, 2.05) is 0 Å². The van der Waals surface area contributed by atoms with Gasteiger partial charge in [0.1, 0.15) is 0 Å². The van der Waals surface area contributed by atoms with Crippen molar-refractivity contribution in [2.45, 2.75) is 32.7 Å². The van der Waals surface area contributed by atoms with Crippen LogP contribution in [0.2, 0.25) is 0 Å². The molecule has 1 aromatic rings. The predicted molar refractivity (Wildman–Crippen MR) is 86.5 cm³/mol. The highest BCUT2D eigenvalue weighted by molar-refractivity contribution is 5.80. The lowest BCUT2D eigenvalue weighted by atomic mass is 10.3. The van der Waals surface area contributed by atoms with Crippen LogP contribution in [0.5, 0.6) is 0 Å². The summed E-state index contributed by atoms with van der Waals surface area (Å²) in [5.74, 6) is 0.953. The van der Waals surface area contributed by atoms with Crippen LogP contribution in [0.25, 0.3) is 0 Å². The van der Waals surface area contributed by atoms with Crippen molar-refractivity contribution in [3.8, 4) is 0 Å². The topological polar surface area (TPSA) is 39.7 Å². The maximum Gasteiger partial charge on any atom is 0.191 e. The molecule has 1 saturated heterocycles. The van der Waals surface area contributed by atoms with E-state index >= 15 is 0 Å². The summed E-state index contributed by atoms with van der Waals surface area (Å²) in [5.41, 5.74) is 1.31. The average Bonchev–Trinajstić information content (AvgIpc) is 2.94. The van der Waals surface area contributed by atoms with E-state index in [0.29, 0.717) is 6.04 Å². The molecule has 20 heavy (non-hydrogen) atoms. The zero-order chi connectivity index (χ0) is 14.2. The van der Waals surface area contributed by atoms with E-state index in [1.54, 1.807) is 0 Å². The molecule has 0 bridgehead atoms. The zero-order valence-electron chi connectivity index (χ0n) is 12.6. The van der Waals surface area contributed by atoms with E-state index in [2.05, 4.69) is 64.7 Å². The second-order valence-corrected chi connectivity index (χ2v) is 5.17. The Morgan fingerprint density at radius 2 is 2.10 bits per heavy atom. The van der Waals surface area contributed by atoms with Crippen LogP contribution in [-0.2, 0) is 0 Å². The van der Waals surface area contributed by atoms with Crippen molar-refractivity contribution in [3.63, 3.8) is 0 Å². The standard InChI is InChI=1S/C16H26N4/c1-3-11-18-16(17-4-2)19-14-10-12-20(13-14)15-8-6-5-7-9-15/h5-9,14H,3-4,10-13H2,1-2H3,(H2,17,18,19). The molecular formula is C16H26N4. The Labute approximate surface area is 122 Å². The molecule has 1 aliphatic heterocycles. The maximum absolute atomic E-state index is 4.57. The summed E-state index contributed by atoms with van der Waals surface area (Å²) in [6.45, 7) is 8.19. The number of guanidine groups is 1. The molecule has 1 aliphatic rings. The summed E-state index contributed by atoms with van der Waals surface area (Å²) in [5, 5.41) is 6.87. The molecule has 1 unspecified atom stereocenters. The van der Waals surface area contributed by atoms with E-state index in [9.17, 15) is 0 Å². The van der Waals surface area contributed by atoms with Gasteiger partial charge >= 0.3 is 0 Å². The summed E-state index contributed by atoms with van der Waals surface area (Å²) < 4.78 is 0. The fraction of sp³-hybridized carbons (Fsp3) is 0.562. The van der Waals surface area contributed by atoms with Gasteiger partial charge in [0.15, 0.2) is 5.96 Å². The molecule has 4 heteroatoms. The number of aliphatic imine (C=N–C) groups is 1. The number of hydrogen-bond acceptors (Lipinski definition) is 2. The maximum atomic E-state index is 4.57. The Balaban J connectivity index is 1.88. The summed E-state index contributed by atoms with van der Waals surface area (Å²) in [4.78, 5) is 7.00. The Bertz CT molecular complexity index is 416. The minimum absolute atomic E-state index is 0.477. The van der Waals surface area contributed by atoms with E-state index in [0.717, 1.165) is 45.0 Å². The van der Waals surface area contributed by atoms with Crippen LogP contribution in [0.1, 0.15) is 26.7 Å². The number of rotatable bonds is 5. The summed E-state index contributed by atoms with van der Waals surface area (Å²) in [6, 6.07) is 11.1. The quantitative estimate of drug-likeness (QED) is 0.639. The molecule has 1 atom stereocenters. The Hall–Kier alpha value is -1.71. The van der Waals surface area contributed by atoms with Crippen LogP contribution < -0.4 is 15.5 Å². The van der Waals surface area contributed by atoms with Crippen molar-refractivity contribution < 1.29 is 0 Å². The van der Waals surface area contributed by atoms with Gasteiger partial charge in [-0.25, -0.2) is 0 Å². The SMILES string of the molecule is CCCN=C(NCC)NC1CCN(c2ccccc2)C1. The first-order valence-corrected chi connectivity index (χ1v) is 7.68. The van der Waals surface area contributed by atoms with Gasteiger partial charge in [-0.1, -0.05) is 25.1 Å². The second kappa shape index (κ2) is 7.78. The lowest BCUT2D eigenvalue weighted by Gasteiger charge is -2.20. The molecule has 1 heterocycles. The van der Waals surface area contributed by atoms with Gasteiger partial charge in [-0.05, 0) is 31.9 Å². The van der Waals surface area contributed by atoms with Crippen molar-refractivity contribution >= 4 is 11.6 Å². The summed E-state index contributed by atoms with van der Waals surface area (Å²) in [6.07, 6.45) is 2.24. The molecular weight excluding hydrogens is 248 g/mol. The number of nitrogens with zero attached hydrogens (tertiary/aromatic N) is 2. The van der Waals surface area contributed by atoms with Crippen LogP contribution in [0.15, 0.2) is 35.3 Å². The molecule has 1 aromatic carbocycles. The highest BCUT2D eigenvalue weighted by Crippen LogP contribution is 2.19. The molecule has 110 valence electrons. The number of anilines is 1. The lowest BCUT2D eigenvalue weighted by Crippen LogP contribution is -2.44. The second-order valence-electron chi connectivity index (χ2n) is 5.17. The average molecular weight is 274 g/mol. The molecule has 0 aromatic heterocycles. The molecule has 4 nitrogen and oxygen atoms in total. The van der Waals surface area contributed by atoms with Gasteiger partial charge in [0, 0.05) is 37.9 Å². The van der Waals surface area contributed by atoms with Crippen LogP contribution in [0.3, 0.4) is 0 Å². The molecule has 1 fully saturated rings. The number of nitrogens with one attached hydrogen (secondary N) is 2. The van der Waals surface area contributed by atoms with Crippen LogP contribution in [0, 0.1) is 0 Å². The van der Waals surface area contributed by atoms with Crippen molar-refractivity contribution in [3.05, 3.63) is 30.3 Å². The normalized spacial score (nSPS) is 19.2. The molecule has 0 radical (unpaired) electrons. The van der Waals surface area contributed by atoms with Gasteiger partial charge in [-0.15, -0.1) is 0 Å². The first-order valence-electron chi connectivity index (χ1n) is 7.68. The van der Waals surface area contributed by atoms with Gasteiger partial charge in [-0.2, -0.15) is 0 Å². The van der Waals surface area contributed by atoms with Crippen LogP contribution >= 0.6 is 0 Å². The number of para-hydroxylation sites is 1. The van der Waals surface area contributed by atoms with Gasteiger partial charge < -0.3 is 15.5 Å². The first-order chi connectivity index (χ1) is 9.83. The highest BCUT2D eigenvalue weighted by Gasteiger charge is 2.23. The third-order valence-corrected chi connectivity index (χ3v) is 3.49. The zero-order valence-corrected chi connectivity index (χ0v) is 12.6. The number of hydrogen-bond donors (Lipinski definition) is 2. The van der Waals surface area contributed by atoms with Gasteiger partial charge in [0.2, 0.25) is 0 Å². The van der Waals surface area contributed by atoms with Gasteiger partial charge in [0.25, 0.3) is 0 Å². The first kappa shape index (κ1) is 14.7. The van der Waals surface area contributed by atoms with Crippen molar-refractivity contribution in [2.75, 3.05) is 31.1 Å². The largest absolute Gasteiger partial charge is 0.369 e. The monoisotopic (exact) mass is 274 g/mol. The van der Waals surface area contributed by atoms with Gasteiger partial charge in [0.05, 0.1) is 0 Å². The molecule has 0 spiro atoms. The Morgan fingerprint density at radius 1 is 1.30 bits per heavy atom. The van der Waals surface area contributed by atoms with Crippen molar-refractivity contribution in [1.82, 2.24) is 10.6 Å². The fourth-order valence-corrected chi connectivity index (χ4v) is 2.49. The van der Waals surface area contributed by atoms with Gasteiger partial charge in [-0.3, -0.25) is 4.99 Å². The molecule has 2 N–H and O–H groups in total.